The van der Waals surface area contributed by atoms with Gasteiger partial charge >= 0.3 is 5.97 Å². The van der Waals surface area contributed by atoms with E-state index in [9.17, 15) is 9.59 Å². The van der Waals surface area contributed by atoms with E-state index in [1.165, 1.54) is 7.11 Å². The lowest BCUT2D eigenvalue weighted by Gasteiger charge is -2.63. The summed E-state index contributed by atoms with van der Waals surface area (Å²) in [5, 5.41) is 1.87. The van der Waals surface area contributed by atoms with Crippen LogP contribution in [0.2, 0.25) is 0 Å². The topological polar surface area (TPSA) is 58.6 Å². The Morgan fingerprint density at radius 3 is 2.33 bits per heavy atom. The molecule has 1 N–H and O–H groups in total. The van der Waals surface area contributed by atoms with Crippen molar-refractivity contribution >= 4 is 11.9 Å². The van der Waals surface area contributed by atoms with Crippen molar-refractivity contribution < 1.29 is 14.3 Å². The minimum absolute atomic E-state index is 0.0245. The molecule has 1 aliphatic heterocycles. The van der Waals surface area contributed by atoms with Gasteiger partial charge in [0, 0.05) is 0 Å². The lowest BCUT2D eigenvalue weighted by molar-refractivity contribution is -0.198. The third-order valence-electron chi connectivity index (χ3n) is 6.29. The number of methoxy groups -OCH3 is 1. The number of nitrogens with one attached hydrogen (secondary N) is 1. The molecule has 5 rings (SSSR count). The number of carbonyl (C=O) groups excluding carboxylic acids is 2. The summed E-state index contributed by atoms with van der Waals surface area (Å²) >= 11 is 0. The Kier molecular flexibility index (Phi) is 2.58. The van der Waals surface area contributed by atoms with Crippen LogP contribution in [0.5, 0.6) is 0 Å². The maximum atomic E-state index is 12.3. The molecule has 4 saturated carbocycles. The molecule has 4 bridgehead atoms. The maximum absolute atomic E-state index is 12.3. The molecule has 0 aromatic rings. The van der Waals surface area contributed by atoms with Gasteiger partial charge in [0.25, 0.3) is 5.91 Å². The van der Waals surface area contributed by atoms with E-state index in [2.05, 4.69) is 5.43 Å². The van der Waals surface area contributed by atoms with Crippen molar-refractivity contribution in [3.8, 4) is 0 Å². The summed E-state index contributed by atoms with van der Waals surface area (Å²) in [7, 11) is 1.50. The summed E-state index contributed by atoms with van der Waals surface area (Å²) < 4.78 is 5.09. The van der Waals surface area contributed by atoms with Gasteiger partial charge in [-0.2, -0.15) is 0 Å². The van der Waals surface area contributed by atoms with E-state index in [4.69, 9.17) is 4.74 Å². The van der Waals surface area contributed by atoms with Crippen LogP contribution < -0.4 is 5.43 Å². The number of nitrogens with zero attached hydrogens (tertiary/aromatic N) is 1. The van der Waals surface area contributed by atoms with Gasteiger partial charge < -0.3 is 4.74 Å². The van der Waals surface area contributed by atoms with Crippen molar-refractivity contribution in [1.29, 1.82) is 0 Å². The first-order chi connectivity index (χ1) is 9.86. The summed E-state index contributed by atoms with van der Waals surface area (Å²) in [5.41, 5.74) is 2.64. The van der Waals surface area contributed by atoms with Crippen LogP contribution in [0.25, 0.3) is 0 Å². The maximum Gasteiger partial charge on any atom is 0.311 e. The zero-order valence-corrected chi connectivity index (χ0v) is 13.0. The first-order valence-corrected chi connectivity index (χ1v) is 8.06. The minimum atomic E-state index is -0.422. The Morgan fingerprint density at radius 2 is 1.86 bits per heavy atom. The Labute approximate surface area is 125 Å². The normalized spacial score (nSPS) is 46.4. The van der Waals surface area contributed by atoms with Crippen LogP contribution in [-0.2, 0) is 14.3 Å². The van der Waals surface area contributed by atoms with Gasteiger partial charge in [-0.05, 0) is 63.7 Å². The molecule has 5 nitrogen and oxygen atoms in total. The second-order valence-electron chi connectivity index (χ2n) is 8.14. The highest BCUT2D eigenvalue weighted by Crippen LogP contribution is 2.61. The van der Waals surface area contributed by atoms with E-state index in [0.29, 0.717) is 17.8 Å². The molecule has 2 unspecified atom stereocenters. The van der Waals surface area contributed by atoms with Gasteiger partial charge in [0.2, 0.25) is 0 Å². The molecule has 0 aromatic carbocycles. The Balaban J connectivity index is 1.59. The molecule has 21 heavy (non-hydrogen) atoms. The summed E-state index contributed by atoms with van der Waals surface area (Å²) in [5.74, 6) is 1.71. The molecule has 1 amide bonds. The summed E-state index contributed by atoms with van der Waals surface area (Å²) in [4.78, 5) is 24.6. The quantitative estimate of drug-likeness (QED) is 0.783. The fourth-order valence-electron chi connectivity index (χ4n) is 5.74. The number of carbonyl (C=O) groups is 2. The van der Waals surface area contributed by atoms with Crippen LogP contribution in [-0.4, -0.2) is 35.6 Å². The number of rotatable bonds is 2. The van der Waals surface area contributed by atoms with E-state index in [-0.39, 0.29) is 23.3 Å². The van der Waals surface area contributed by atoms with Crippen LogP contribution in [0.4, 0.5) is 0 Å². The molecule has 0 radical (unpaired) electrons. The van der Waals surface area contributed by atoms with Crippen LogP contribution >= 0.6 is 0 Å². The molecule has 1 heterocycles. The average molecular weight is 292 g/mol. The number of hydrazine groups is 1. The van der Waals surface area contributed by atoms with Crippen molar-refractivity contribution in [2.24, 2.45) is 23.2 Å². The second-order valence-corrected chi connectivity index (χ2v) is 8.14. The SMILES string of the molecule is COC(=O)[C@]12CC3CC(C1)[C@@H](N1NC(C)(C)C1=O)[C@@H](C3)C2. The smallest absolute Gasteiger partial charge is 0.311 e. The van der Waals surface area contributed by atoms with Gasteiger partial charge in [0.05, 0.1) is 18.6 Å². The minimum Gasteiger partial charge on any atom is -0.469 e. The summed E-state index contributed by atoms with van der Waals surface area (Å²) in [6.07, 6.45) is 5.09. The Bertz CT molecular complexity index is 500. The Hall–Kier alpha value is -1.10. The van der Waals surface area contributed by atoms with Crippen molar-refractivity contribution in [3.05, 3.63) is 0 Å². The zero-order chi connectivity index (χ0) is 15.0. The third kappa shape index (κ3) is 1.67. The average Bonchev–Trinajstić information content (AvgIpc) is 2.43. The monoisotopic (exact) mass is 292 g/mol. The van der Waals surface area contributed by atoms with Gasteiger partial charge in [-0.15, -0.1) is 0 Å². The second kappa shape index (κ2) is 4.00. The fourth-order valence-corrected chi connectivity index (χ4v) is 5.74. The van der Waals surface area contributed by atoms with E-state index < -0.39 is 5.54 Å². The fraction of sp³-hybridized carbons (Fsp3) is 0.875. The highest BCUT2D eigenvalue weighted by atomic mass is 16.5. The highest BCUT2D eigenvalue weighted by molar-refractivity contribution is 5.90. The zero-order valence-electron chi connectivity index (χ0n) is 13.0. The molecule has 5 heteroatoms. The van der Waals surface area contributed by atoms with Gasteiger partial charge in [-0.1, -0.05) is 0 Å². The molecule has 1 saturated heterocycles. The molecular weight excluding hydrogens is 268 g/mol. The van der Waals surface area contributed by atoms with Crippen molar-refractivity contribution in [3.63, 3.8) is 0 Å². The van der Waals surface area contributed by atoms with Gasteiger partial charge in [0.1, 0.15) is 5.54 Å². The summed E-state index contributed by atoms with van der Waals surface area (Å²) in [6.45, 7) is 3.86. The molecule has 0 aromatic heterocycles. The van der Waals surface area contributed by atoms with E-state index >= 15 is 0 Å². The predicted molar refractivity (Wildman–Crippen MR) is 75.9 cm³/mol. The number of hydrogen-bond acceptors (Lipinski definition) is 4. The largest absolute Gasteiger partial charge is 0.469 e. The first kappa shape index (κ1) is 13.6. The van der Waals surface area contributed by atoms with E-state index in [1.54, 1.807) is 0 Å². The predicted octanol–water partition coefficient (Wildman–Crippen LogP) is 1.48. The molecule has 116 valence electrons. The molecule has 5 atom stereocenters. The lowest BCUT2D eigenvalue weighted by Crippen LogP contribution is -2.79. The van der Waals surface area contributed by atoms with Gasteiger partial charge in [-0.25, -0.2) is 5.43 Å². The molecule has 4 aliphatic carbocycles. The lowest BCUT2D eigenvalue weighted by atomic mass is 9.47. The number of ether oxygens (including phenoxy) is 1. The number of hydrogen-bond donors (Lipinski definition) is 1. The van der Waals surface area contributed by atoms with Crippen molar-refractivity contribution in [2.75, 3.05) is 7.11 Å². The number of amides is 1. The van der Waals surface area contributed by atoms with Crippen LogP contribution in [0.3, 0.4) is 0 Å². The van der Waals surface area contributed by atoms with Crippen molar-refractivity contribution in [1.82, 2.24) is 10.4 Å². The standard InChI is InChI=1S/C16H24N2O3/c1-15(2)13(19)18(17-15)12-10-4-9-5-11(12)8-16(6-9,7-10)14(20)21-3/h9-12,17H,4-8H2,1-3H3/t9?,10-,11?,12-,16-/m0/s1. The Morgan fingerprint density at radius 1 is 1.24 bits per heavy atom. The van der Waals surface area contributed by atoms with Crippen molar-refractivity contribution in [2.45, 2.75) is 57.5 Å². The van der Waals surface area contributed by atoms with Gasteiger partial charge in [-0.3, -0.25) is 14.6 Å². The van der Waals surface area contributed by atoms with E-state index in [1.807, 2.05) is 18.9 Å². The molecule has 0 spiro atoms. The van der Waals surface area contributed by atoms with Crippen LogP contribution in [0.15, 0.2) is 0 Å². The number of esters is 1. The van der Waals surface area contributed by atoms with Crippen LogP contribution in [0.1, 0.15) is 46.0 Å². The van der Waals surface area contributed by atoms with E-state index in [0.717, 1.165) is 32.1 Å². The highest BCUT2D eigenvalue weighted by Gasteiger charge is 2.63. The first-order valence-electron chi connectivity index (χ1n) is 8.06. The van der Waals surface area contributed by atoms with Crippen LogP contribution in [0, 0.1) is 23.2 Å². The third-order valence-corrected chi connectivity index (χ3v) is 6.29. The molecule has 5 aliphatic rings. The molecular formula is C16H24N2O3. The summed E-state index contributed by atoms with van der Waals surface area (Å²) in [6, 6.07) is 0.278. The van der Waals surface area contributed by atoms with Gasteiger partial charge in [0.15, 0.2) is 0 Å². The molecule has 5 fully saturated rings.